The first kappa shape index (κ1) is 17.7. The molecule has 6 heteroatoms. The van der Waals surface area contributed by atoms with Crippen molar-refractivity contribution in [1.29, 1.82) is 0 Å². The predicted octanol–water partition coefficient (Wildman–Crippen LogP) is 3.43. The third kappa shape index (κ3) is 4.01. The summed E-state index contributed by atoms with van der Waals surface area (Å²) in [7, 11) is 0. The Bertz CT molecular complexity index is 733. The monoisotopic (exact) mass is 329 g/mol. The Labute approximate surface area is 141 Å². The molecule has 0 aliphatic heterocycles. The zero-order valence-electron chi connectivity index (χ0n) is 14.2. The highest BCUT2D eigenvalue weighted by molar-refractivity contribution is 6.04. The summed E-state index contributed by atoms with van der Waals surface area (Å²) < 4.78 is 1.90. The summed E-state index contributed by atoms with van der Waals surface area (Å²) >= 11 is 0. The number of nitrogens with one attached hydrogen (secondary N) is 1. The maximum Gasteiger partial charge on any atom is 0.307 e. The number of carboxylic acids is 1. The Morgan fingerprint density at radius 3 is 2.62 bits per heavy atom. The van der Waals surface area contributed by atoms with Gasteiger partial charge < -0.3 is 10.4 Å². The molecule has 0 fully saturated rings. The molecule has 0 aliphatic carbocycles. The van der Waals surface area contributed by atoms with Gasteiger partial charge >= 0.3 is 5.97 Å². The van der Waals surface area contributed by atoms with Crippen LogP contribution in [0.1, 0.15) is 54.3 Å². The number of aromatic nitrogens is 2. The fraction of sp³-hybridized carbons (Fsp3) is 0.389. The summed E-state index contributed by atoms with van der Waals surface area (Å²) in [5.41, 5.74) is 2.59. The van der Waals surface area contributed by atoms with Crippen LogP contribution < -0.4 is 5.32 Å². The maximum absolute atomic E-state index is 12.5. The molecule has 0 saturated heterocycles. The van der Waals surface area contributed by atoms with Gasteiger partial charge in [-0.25, -0.2) is 0 Å². The van der Waals surface area contributed by atoms with Gasteiger partial charge in [0.2, 0.25) is 0 Å². The average molecular weight is 329 g/mol. The van der Waals surface area contributed by atoms with Crippen LogP contribution in [0.15, 0.2) is 30.5 Å². The summed E-state index contributed by atoms with van der Waals surface area (Å²) in [5, 5.41) is 16.0. The van der Waals surface area contributed by atoms with Gasteiger partial charge in [0.1, 0.15) is 0 Å². The SMILES string of the molecule is CCC(CC)n1ncc(C(=O)Nc2cccc(CC(=O)O)c2)c1C. The van der Waals surface area contributed by atoms with Crippen molar-refractivity contribution in [2.75, 3.05) is 5.32 Å². The number of hydrogen-bond acceptors (Lipinski definition) is 3. The molecule has 1 aromatic heterocycles. The van der Waals surface area contributed by atoms with Gasteiger partial charge in [-0.1, -0.05) is 26.0 Å². The van der Waals surface area contributed by atoms with Gasteiger partial charge in [0, 0.05) is 11.4 Å². The molecule has 0 bridgehead atoms. The van der Waals surface area contributed by atoms with Crippen LogP contribution in [0.4, 0.5) is 5.69 Å². The summed E-state index contributed by atoms with van der Waals surface area (Å²) in [4.78, 5) is 23.3. The van der Waals surface area contributed by atoms with Crippen molar-refractivity contribution in [2.45, 2.75) is 46.1 Å². The third-order valence-electron chi connectivity index (χ3n) is 4.12. The zero-order chi connectivity index (χ0) is 17.7. The Morgan fingerprint density at radius 1 is 1.29 bits per heavy atom. The van der Waals surface area contributed by atoms with Crippen molar-refractivity contribution in [3.8, 4) is 0 Å². The van der Waals surface area contributed by atoms with E-state index in [9.17, 15) is 9.59 Å². The van der Waals surface area contributed by atoms with Crippen LogP contribution in [0.5, 0.6) is 0 Å². The quantitative estimate of drug-likeness (QED) is 0.815. The van der Waals surface area contributed by atoms with E-state index < -0.39 is 5.97 Å². The molecule has 0 aliphatic rings. The van der Waals surface area contributed by atoms with Crippen molar-refractivity contribution in [3.63, 3.8) is 0 Å². The van der Waals surface area contributed by atoms with Gasteiger partial charge in [0.15, 0.2) is 0 Å². The second kappa shape index (κ2) is 7.77. The van der Waals surface area contributed by atoms with E-state index in [-0.39, 0.29) is 18.4 Å². The van der Waals surface area contributed by atoms with Crippen LogP contribution in [-0.4, -0.2) is 26.8 Å². The van der Waals surface area contributed by atoms with Crippen molar-refractivity contribution < 1.29 is 14.7 Å². The first-order chi connectivity index (χ1) is 11.5. The molecule has 1 heterocycles. The van der Waals surface area contributed by atoms with Gasteiger partial charge in [0.25, 0.3) is 5.91 Å². The summed E-state index contributed by atoms with van der Waals surface area (Å²) in [5.74, 6) is -1.14. The zero-order valence-corrected chi connectivity index (χ0v) is 14.2. The highest BCUT2D eigenvalue weighted by Crippen LogP contribution is 2.20. The lowest BCUT2D eigenvalue weighted by atomic mass is 10.1. The van der Waals surface area contributed by atoms with E-state index in [0.29, 0.717) is 16.8 Å². The largest absolute Gasteiger partial charge is 0.481 e. The molecule has 2 rings (SSSR count). The molecule has 6 nitrogen and oxygen atoms in total. The van der Waals surface area contributed by atoms with Crippen molar-refractivity contribution in [2.24, 2.45) is 0 Å². The molecule has 2 N–H and O–H groups in total. The van der Waals surface area contributed by atoms with E-state index in [1.165, 1.54) is 0 Å². The minimum atomic E-state index is -0.902. The molecular weight excluding hydrogens is 306 g/mol. The Kier molecular flexibility index (Phi) is 5.73. The first-order valence-corrected chi connectivity index (χ1v) is 8.12. The highest BCUT2D eigenvalue weighted by atomic mass is 16.4. The average Bonchev–Trinajstić information content (AvgIpc) is 2.90. The molecule has 128 valence electrons. The molecule has 0 spiro atoms. The summed E-state index contributed by atoms with van der Waals surface area (Å²) in [6, 6.07) is 7.15. The van der Waals surface area contributed by atoms with Crippen molar-refractivity contribution >= 4 is 17.6 Å². The van der Waals surface area contributed by atoms with Gasteiger partial charge in [-0.3, -0.25) is 14.3 Å². The second-order valence-corrected chi connectivity index (χ2v) is 5.78. The highest BCUT2D eigenvalue weighted by Gasteiger charge is 2.18. The van der Waals surface area contributed by atoms with E-state index in [1.807, 2.05) is 11.6 Å². The summed E-state index contributed by atoms with van der Waals surface area (Å²) in [6.45, 7) is 6.09. The lowest BCUT2D eigenvalue weighted by Gasteiger charge is -2.15. The van der Waals surface area contributed by atoms with Gasteiger partial charge in [-0.05, 0) is 37.5 Å². The van der Waals surface area contributed by atoms with Crippen LogP contribution in [-0.2, 0) is 11.2 Å². The number of benzene rings is 1. The Morgan fingerprint density at radius 2 is 2.00 bits per heavy atom. The number of anilines is 1. The number of carboxylic acid groups (broad SMARTS) is 1. The molecule has 1 amide bonds. The van der Waals surface area contributed by atoms with Crippen LogP contribution in [0, 0.1) is 6.92 Å². The first-order valence-electron chi connectivity index (χ1n) is 8.12. The minimum absolute atomic E-state index is 0.0741. The standard InChI is InChI=1S/C18H23N3O3/c1-4-15(5-2)21-12(3)16(11-19-21)18(24)20-14-8-6-7-13(9-14)10-17(22)23/h6-9,11,15H,4-5,10H2,1-3H3,(H,20,24)(H,22,23). The third-order valence-corrected chi connectivity index (χ3v) is 4.12. The number of hydrogen-bond donors (Lipinski definition) is 2. The van der Waals surface area contributed by atoms with E-state index in [4.69, 9.17) is 5.11 Å². The van der Waals surface area contributed by atoms with Gasteiger partial charge in [-0.2, -0.15) is 5.10 Å². The Balaban J connectivity index is 2.17. The molecule has 24 heavy (non-hydrogen) atoms. The van der Waals surface area contributed by atoms with E-state index in [1.54, 1.807) is 30.5 Å². The van der Waals surface area contributed by atoms with E-state index in [0.717, 1.165) is 18.5 Å². The fourth-order valence-corrected chi connectivity index (χ4v) is 2.78. The molecule has 0 atom stereocenters. The summed E-state index contributed by atoms with van der Waals surface area (Å²) in [6.07, 6.45) is 3.42. The number of nitrogens with zero attached hydrogens (tertiary/aromatic N) is 2. The predicted molar refractivity (Wildman–Crippen MR) is 92.3 cm³/mol. The minimum Gasteiger partial charge on any atom is -0.481 e. The number of rotatable bonds is 7. The maximum atomic E-state index is 12.5. The molecule has 0 saturated carbocycles. The van der Waals surface area contributed by atoms with Crippen LogP contribution in [0.25, 0.3) is 0 Å². The van der Waals surface area contributed by atoms with Crippen molar-refractivity contribution in [3.05, 3.63) is 47.3 Å². The molecule has 0 radical (unpaired) electrons. The Hall–Kier alpha value is -2.63. The van der Waals surface area contributed by atoms with Crippen LogP contribution in [0.2, 0.25) is 0 Å². The molecule has 2 aromatic rings. The number of carbonyl (C=O) groups is 2. The lowest BCUT2D eigenvalue weighted by molar-refractivity contribution is -0.136. The van der Waals surface area contributed by atoms with Crippen LogP contribution in [0.3, 0.4) is 0 Å². The fourth-order valence-electron chi connectivity index (χ4n) is 2.78. The number of aliphatic carboxylic acids is 1. The van der Waals surface area contributed by atoms with Crippen molar-refractivity contribution in [1.82, 2.24) is 9.78 Å². The molecule has 0 unspecified atom stereocenters. The number of carbonyl (C=O) groups excluding carboxylic acids is 1. The topological polar surface area (TPSA) is 84.2 Å². The van der Waals surface area contributed by atoms with E-state index in [2.05, 4.69) is 24.3 Å². The molecule has 1 aromatic carbocycles. The number of amides is 1. The van der Waals surface area contributed by atoms with Gasteiger partial charge in [-0.15, -0.1) is 0 Å². The lowest BCUT2D eigenvalue weighted by Crippen LogP contribution is -2.15. The van der Waals surface area contributed by atoms with Gasteiger partial charge in [0.05, 0.1) is 24.2 Å². The second-order valence-electron chi connectivity index (χ2n) is 5.78. The smallest absolute Gasteiger partial charge is 0.307 e. The molecular formula is C18H23N3O3. The van der Waals surface area contributed by atoms with E-state index >= 15 is 0 Å². The van der Waals surface area contributed by atoms with Crippen LogP contribution >= 0.6 is 0 Å². The normalized spacial score (nSPS) is 10.8.